The normalized spacial score (nSPS) is 10.6. The molecule has 1 aromatic rings. The molecule has 3 nitrogen and oxygen atoms in total. The van der Waals surface area contributed by atoms with Gasteiger partial charge in [0.15, 0.2) is 0 Å². The molecule has 1 aromatic carbocycles. The largest absolute Gasteiger partial charge is 0.376 e. The molecule has 1 rings (SSSR count). The van der Waals surface area contributed by atoms with Gasteiger partial charge in [0, 0.05) is 23.2 Å². The highest BCUT2D eigenvalue weighted by atomic mass is 79.9. The van der Waals surface area contributed by atoms with Crippen LogP contribution in [0.2, 0.25) is 0 Å². The monoisotopic (exact) mass is 312 g/mol. The number of amides is 1. The van der Waals surface area contributed by atoms with E-state index < -0.39 is 0 Å². The van der Waals surface area contributed by atoms with Crippen molar-refractivity contribution in [1.29, 1.82) is 0 Å². The zero-order chi connectivity index (χ0) is 13.7. The van der Waals surface area contributed by atoms with Crippen LogP contribution < -0.4 is 5.32 Å². The van der Waals surface area contributed by atoms with Gasteiger partial charge in [0.2, 0.25) is 5.91 Å². The first-order valence-electron chi connectivity index (χ1n) is 6.23. The second kappa shape index (κ2) is 6.78. The zero-order valence-electron chi connectivity index (χ0n) is 11.5. The lowest BCUT2D eigenvalue weighted by Gasteiger charge is -2.22. The molecule has 0 saturated carbocycles. The number of hydrogen-bond acceptors (Lipinski definition) is 2. The Morgan fingerprint density at radius 3 is 2.67 bits per heavy atom. The van der Waals surface area contributed by atoms with E-state index in [2.05, 4.69) is 34.2 Å². The fourth-order valence-corrected chi connectivity index (χ4v) is 2.02. The van der Waals surface area contributed by atoms with Gasteiger partial charge >= 0.3 is 0 Å². The molecule has 0 aromatic heterocycles. The van der Waals surface area contributed by atoms with Crippen LogP contribution >= 0.6 is 15.9 Å². The van der Waals surface area contributed by atoms with Gasteiger partial charge in [-0.3, -0.25) is 4.79 Å². The van der Waals surface area contributed by atoms with Crippen molar-refractivity contribution in [2.45, 2.75) is 33.2 Å². The average Bonchev–Trinajstić information content (AvgIpc) is 2.35. The van der Waals surface area contributed by atoms with Gasteiger partial charge in [0.05, 0.1) is 6.54 Å². The van der Waals surface area contributed by atoms with Crippen molar-refractivity contribution in [2.75, 3.05) is 18.9 Å². The highest BCUT2D eigenvalue weighted by Gasteiger charge is 2.11. The number of halogens is 1. The summed E-state index contributed by atoms with van der Waals surface area (Å²) >= 11 is 3.46. The van der Waals surface area contributed by atoms with Gasteiger partial charge in [0.1, 0.15) is 0 Å². The Labute approximate surface area is 118 Å². The molecule has 0 aliphatic heterocycles. The average molecular weight is 313 g/mol. The minimum atomic E-state index is 0.106. The minimum Gasteiger partial charge on any atom is -0.376 e. The van der Waals surface area contributed by atoms with Gasteiger partial charge in [-0.25, -0.2) is 0 Å². The SMILES string of the molecule is CCc1cc(Br)ccc1NCC(=O)N(C)C(C)C. The van der Waals surface area contributed by atoms with E-state index in [1.54, 1.807) is 4.90 Å². The predicted molar refractivity (Wildman–Crippen MR) is 79.9 cm³/mol. The van der Waals surface area contributed by atoms with Crippen molar-refractivity contribution in [3.63, 3.8) is 0 Å². The number of likely N-dealkylation sites (N-methyl/N-ethyl adjacent to an activating group) is 1. The third-order valence-corrected chi connectivity index (χ3v) is 3.54. The maximum atomic E-state index is 11.9. The standard InChI is InChI=1S/C14H21BrN2O/c1-5-11-8-12(15)6-7-13(11)16-9-14(18)17(4)10(2)3/h6-8,10,16H,5,9H2,1-4H3. The number of benzene rings is 1. The van der Waals surface area contributed by atoms with Crippen LogP contribution in [-0.2, 0) is 11.2 Å². The molecule has 18 heavy (non-hydrogen) atoms. The number of anilines is 1. The lowest BCUT2D eigenvalue weighted by Crippen LogP contribution is -2.37. The van der Waals surface area contributed by atoms with Crippen LogP contribution in [-0.4, -0.2) is 30.4 Å². The van der Waals surface area contributed by atoms with Crippen molar-refractivity contribution in [1.82, 2.24) is 4.90 Å². The van der Waals surface area contributed by atoms with E-state index in [-0.39, 0.29) is 11.9 Å². The number of carbonyl (C=O) groups excluding carboxylic acids is 1. The fourth-order valence-electron chi connectivity index (χ4n) is 1.61. The quantitative estimate of drug-likeness (QED) is 0.905. The molecule has 1 N–H and O–H groups in total. The molecule has 4 heteroatoms. The summed E-state index contributed by atoms with van der Waals surface area (Å²) in [6.07, 6.45) is 0.940. The van der Waals surface area contributed by atoms with E-state index in [0.717, 1.165) is 16.6 Å². The van der Waals surface area contributed by atoms with Crippen LogP contribution in [0, 0.1) is 0 Å². The van der Waals surface area contributed by atoms with E-state index in [0.29, 0.717) is 6.54 Å². The molecule has 0 fully saturated rings. The number of carbonyl (C=O) groups is 1. The Bertz CT molecular complexity index is 418. The molecule has 0 saturated heterocycles. The van der Waals surface area contributed by atoms with Gasteiger partial charge < -0.3 is 10.2 Å². The molecule has 100 valence electrons. The molecular formula is C14H21BrN2O. The molecule has 0 bridgehead atoms. The summed E-state index contributed by atoms with van der Waals surface area (Å²) < 4.78 is 1.07. The molecular weight excluding hydrogens is 292 g/mol. The number of hydrogen-bond donors (Lipinski definition) is 1. The summed E-state index contributed by atoms with van der Waals surface area (Å²) in [7, 11) is 1.83. The first-order valence-corrected chi connectivity index (χ1v) is 7.03. The minimum absolute atomic E-state index is 0.106. The molecule has 0 unspecified atom stereocenters. The Kier molecular flexibility index (Phi) is 5.66. The van der Waals surface area contributed by atoms with E-state index in [1.165, 1.54) is 5.56 Å². The Morgan fingerprint density at radius 2 is 2.11 bits per heavy atom. The number of rotatable bonds is 5. The number of aryl methyl sites for hydroxylation is 1. The second-order valence-electron chi connectivity index (χ2n) is 4.61. The molecule has 0 spiro atoms. The van der Waals surface area contributed by atoms with Crippen LogP contribution in [0.4, 0.5) is 5.69 Å². The molecule has 0 aliphatic rings. The smallest absolute Gasteiger partial charge is 0.241 e. The van der Waals surface area contributed by atoms with E-state index in [4.69, 9.17) is 0 Å². The fraction of sp³-hybridized carbons (Fsp3) is 0.500. The van der Waals surface area contributed by atoms with E-state index in [1.807, 2.05) is 33.0 Å². The maximum absolute atomic E-state index is 11.9. The van der Waals surface area contributed by atoms with Crippen LogP contribution in [0.25, 0.3) is 0 Å². The first-order chi connectivity index (χ1) is 8.45. The number of nitrogens with zero attached hydrogens (tertiary/aromatic N) is 1. The Hall–Kier alpha value is -1.03. The first kappa shape index (κ1) is 15.0. The summed E-state index contributed by atoms with van der Waals surface area (Å²) in [6, 6.07) is 6.30. The summed E-state index contributed by atoms with van der Waals surface area (Å²) in [5, 5.41) is 3.21. The van der Waals surface area contributed by atoms with Gasteiger partial charge in [-0.15, -0.1) is 0 Å². The van der Waals surface area contributed by atoms with E-state index in [9.17, 15) is 4.79 Å². The van der Waals surface area contributed by atoms with Gasteiger partial charge in [-0.2, -0.15) is 0 Å². The van der Waals surface area contributed by atoms with Crippen LogP contribution in [0.15, 0.2) is 22.7 Å². The molecule has 0 radical (unpaired) electrons. The summed E-state index contributed by atoms with van der Waals surface area (Å²) in [5.74, 6) is 0.106. The second-order valence-corrected chi connectivity index (χ2v) is 5.52. The third kappa shape index (κ3) is 4.02. The maximum Gasteiger partial charge on any atom is 0.241 e. The van der Waals surface area contributed by atoms with E-state index >= 15 is 0 Å². The Morgan fingerprint density at radius 1 is 1.44 bits per heavy atom. The van der Waals surface area contributed by atoms with Crippen LogP contribution in [0.3, 0.4) is 0 Å². The summed E-state index contributed by atoms with van der Waals surface area (Å²) in [5.41, 5.74) is 2.25. The number of nitrogens with one attached hydrogen (secondary N) is 1. The summed E-state index contributed by atoms with van der Waals surface area (Å²) in [6.45, 7) is 6.46. The third-order valence-electron chi connectivity index (χ3n) is 3.05. The molecule has 0 aliphatic carbocycles. The molecule has 1 amide bonds. The van der Waals surface area contributed by atoms with Crippen LogP contribution in [0.1, 0.15) is 26.3 Å². The van der Waals surface area contributed by atoms with Crippen molar-refractivity contribution in [3.05, 3.63) is 28.2 Å². The molecule has 0 heterocycles. The highest BCUT2D eigenvalue weighted by Crippen LogP contribution is 2.21. The van der Waals surface area contributed by atoms with Gasteiger partial charge in [-0.1, -0.05) is 22.9 Å². The van der Waals surface area contributed by atoms with Crippen molar-refractivity contribution in [3.8, 4) is 0 Å². The lowest BCUT2D eigenvalue weighted by atomic mass is 10.1. The predicted octanol–water partition coefficient (Wildman–Crippen LogP) is 3.29. The molecule has 0 atom stereocenters. The topological polar surface area (TPSA) is 32.3 Å². The van der Waals surface area contributed by atoms with Crippen molar-refractivity contribution >= 4 is 27.5 Å². The lowest BCUT2D eigenvalue weighted by molar-refractivity contribution is -0.129. The van der Waals surface area contributed by atoms with Gasteiger partial charge in [0.25, 0.3) is 0 Å². The van der Waals surface area contributed by atoms with Crippen molar-refractivity contribution < 1.29 is 4.79 Å². The van der Waals surface area contributed by atoms with Crippen molar-refractivity contribution in [2.24, 2.45) is 0 Å². The van der Waals surface area contributed by atoms with Gasteiger partial charge in [-0.05, 0) is 44.0 Å². The zero-order valence-corrected chi connectivity index (χ0v) is 13.0. The summed E-state index contributed by atoms with van der Waals surface area (Å²) in [4.78, 5) is 13.6. The van der Waals surface area contributed by atoms with Crippen LogP contribution in [0.5, 0.6) is 0 Å². The highest BCUT2D eigenvalue weighted by molar-refractivity contribution is 9.10. The Balaban J connectivity index is 2.66.